The summed E-state index contributed by atoms with van der Waals surface area (Å²) in [6, 6.07) is 6.68. The number of aromatic nitrogens is 2. The van der Waals surface area contributed by atoms with Crippen LogP contribution in [0, 0.1) is 0 Å². The zero-order valence-corrected chi connectivity index (χ0v) is 12.9. The molecule has 122 valence electrons. The van der Waals surface area contributed by atoms with Crippen molar-refractivity contribution in [3.63, 3.8) is 0 Å². The molecule has 23 heavy (non-hydrogen) atoms. The van der Waals surface area contributed by atoms with Crippen LogP contribution in [-0.2, 0) is 9.47 Å². The third-order valence-corrected chi connectivity index (χ3v) is 3.18. The van der Waals surface area contributed by atoms with Crippen LogP contribution in [0.3, 0.4) is 0 Å². The van der Waals surface area contributed by atoms with E-state index in [1.165, 1.54) is 18.0 Å². The van der Waals surface area contributed by atoms with Gasteiger partial charge < -0.3 is 20.5 Å². The number of nitrogens with one attached hydrogen (secondary N) is 1. The van der Waals surface area contributed by atoms with E-state index in [0.717, 1.165) is 0 Å². The zero-order valence-electron chi connectivity index (χ0n) is 12.9. The second kappa shape index (κ2) is 7.41. The molecule has 0 bridgehead atoms. The molecule has 1 aromatic heterocycles. The fourth-order valence-corrected chi connectivity index (χ4v) is 1.95. The Labute approximate surface area is 133 Å². The molecule has 1 aromatic carbocycles. The third kappa shape index (κ3) is 3.67. The van der Waals surface area contributed by atoms with Crippen LogP contribution in [0.25, 0.3) is 5.69 Å². The summed E-state index contributed by atoms with van der Waals surface area (Å²) in [6.45, 7) is 0.885. The number of amides is 1. The predicted molar refractivity (Wildman–Crippen MR) is 83.5 cm³/mol. The highest BCUT2D eigenvalue weighted by atomic mass is 16.5. The summed E-state index contributed by atoms with van der Waals surface area (Å²) >= 11 is 0. The van der Waals surface area contributed by atoms with E-state index in [1.54, 1.807) is 31.4 Å². The van der Waals surface area contributed by atoms with E-state index in [1.807, 2.05) is 0 Å². The van der Waals surface area contributed by atoms with E-state index < -0.39 is 5.97 Å². The van der Waals surface area contributed by atoms with Gasteiger partial charge in [0, 0.05) is 19.2 Å². The van der Waals surface area contributed by atoms with Crippen LogP contribution in [0.5, 0.6) is 0 Å². The maximum absolute atomic E-state index is 11.9. The number of carbonyl (C=O) groups is 2. The number of esters is 1. The van der Waals surface area contributed by atoms with Crippen molar-refractivity contribution < 1.29 is 19.1 Å². The van der Waals surface area contributed by atoms with Gasteiger partial charge in [0.05, 0.1) is 25.6 Å². The Morgan fingerprint density at radius 2 is 1.96 bits per heavy atom. The second-order valence-corrected chi connectivity index (χ2v) is 4.64. The molecule has 2 aromatic rings. The molecule has 0 radical (unpaired) electrons. The SMILES string of the molecule is COCCNC(=O)c1ccc(-n2ncc(C(=O)OC)c2N)cc1. The molecule has 0 aliphatic carbocycles. The summed E-state index contributed by atoms with van der Waals surface area (Å²) in [5.74, 6) is -0.575. The Morgan fingerprint density at radius 1 is 1.26 bits per heavy atom. The molecule has 0 spiro atoms. The summed E-state index contributed by atoms with van der Waals surface area (Å²) in [7, 11) is 2.84. The summed E-state index contributed by atoms with van der Waals surface area (Å²) in [5.41, 5.74) is 7.22. The third-order valence-electron chi connectivity index (χ3n) is 3.18. The molecule has 1 heterocycles. The monoisotopic (exact) mass is 318 g/mol. The lowest BCUT2D eigenvalue weighted by Gasteiger charge is -2.07. The van der Waals surface area contributed by atoms with Gasteiger partial charge >= 0.3 is 5.97 Å². The number of nitrogen functional groups attached to an aromatic ring is 1. The van der Waals surface area contributed by atoms with Crippen molar-refractivity contribution in [1.82, 2.24) is 15.1 Å². The van der Waals surface area contributed by atoms with E-state index in [2.05, 4.69) is 15.2 Å². The predicted octanol–water partition coefficient (Wildman–Crippen LogP) is 0.617. The first-order valence-corrected chi connectivity index (χ1v) is 6.88. The number of hydrogen-bond acceptors (Lipinski definition) is 6. The average molecular weight is 318 g/mol. The summed E-state index contributed by atoms with van der Waals surface area (Å²) in [6.07, 6.45) is 1.34. The van der Waals surface area contributed by atoms with Gasteiger partial charge in [-0.1, -0.05) is 0 Å². The highest BCUT2D eigenvalue weighted by molar-refractivity contribution is 5.95. The highest BCUT2D eigenvalue weighted by Gasteiger charge is 2.16. The number of methoxy groups -OCH3 is 2. The van der Waals surface area contributed by atoms with Crippen molar-refractivity contribution in [3.8, 4) is 5.69 Å². The number of hydrogen-bond donors (Lipinski definition) is 2. The second-order valence-electron chi connectivity index (χ2n) is 4.64. The molecule has 1 amide bonds. The molecule has 3 N–H and O–H groups in total. The molecule has 0 fully saturated rings. The Hall–Kier alpha value is -2.87. The number of carbonyl (C=O) groups excluding carboxylic acids is 2. The molecule has 8 nitrogen and oxygen atoms in total. The topological polar surface area (TPSA) is 108 Å². The van der Waals surface area contributed by atoms with Crippen LogP contribution in [0.4, 0.5) is 5.82 Å². The van der Waals surface area contributed by atoms with Gasteiger partial charge in [-0.05, 0) is 24.3 Å². The van der Waals surface area contributed by atoms with Crippen LogP contribution in [0.15, 0.2) is 30.5 Å². The van der Waals surface area contributed by atoms with Gasteiger partial charge in [0.15, 0.2) is 0 Å². The number of benzene rings is 1. The van der Waals surface area contributed by atoms with Gasteiger partial charge in [-0.2, -0.15) is 5.10 Å². The molecular weight excluding hydrogens is 300 g/mol. The van der Waals surface area contributed by atoms with Crippen molar-refractivity contribution in [2.75, 3.05) is 33.1 Å². The molecule has 0 unspecified atom stereocenters. The first-order valence-electron chi connectivity index (χ1n) is 6.88. The van der Waals surface area contributed by atoms with Crippen LogP contribution in [0.2, 0.25) is 0 Å². The van der Waals surface area contributed by atoms with Crippen molar-refractivity contribution >= 4 is 17.7 Å². The Bertz CT molecular complexity index is 694. The molecule has 0 saturated heterocycles. The minimum absolute atomic E-state index is 0.175. The quantitative estimate of drug-likeness (QED) is 0.597. The van der Waals surface area contributed by atoms with Gasteiger partial charge in [-0.3, -0.25) is 4.79 Å². The Balaban J connectivity index is 2.15. The van der Waals surface area contributed by atoms with Crippen LogP contribution in [-0.4, -0.2) is 49.0 Å². The number of nitrogens with zero attached hydrogens (tertiary/aromatic N) is 2. The van der Waals surface area contributed by atoms with Gasteiger partial charge in [-0.15, -0.1) is 0 Å². The molecule has 0 atom stereocenters. The molecular formula is C15H18N4O4. The molecule has 0 saturated carbocycles. The first-order chi connectivity index (χ1) is 11.1. The molecule has 2 rings (SSSR count). The Kier molecular flexibility index (Phi) is 5.32. The van der Waals surface area contributed by atoms with Gasteiger partial charge in [0.1, 0.15) is 11.4 Å². The van der Waals surface area contributed by atoms with Crippen LogP contribution >= 0.6 is 0 Å². The zero-order chi connectivity index (χ0) is 16.8. The van der Waals surface area contributed by atoms with Crippen LogP contribution in [0.1, 0.15) is 20.7 Å². The standard InChI is InChI=1S/C15H18N4O4/c1-22-8-7-17-14(20)10-3-5-11(6-4-10)19-13(16)12(9-18-19)15(21)23-2/h3-6,9H,7-8,16H2,1-2H3,(H,17,20). The summed E-state index contributed by atoms with van der Waals surface area (Å²) in [5, 5.41) is 6.79. The molecule has 8 heteroatoms. The molecule has 0 aliphatic heterocycles. The lowest BCUT2D eigenvalue weighted by Crippen LogP contribution is -2.26. The van der Waals surface area contributed by atoms with E-state index >= 15 is 0 Å². The van der Waals surface area contributed by atoms with Gasteiger partial charge in [0.25, 0.3) is 5.91 Å². The fraction of sp³-hybridized carbons (Fsp3) is 0.267. The smallest absolute Gasteiger partial charge is 0.343 e. The number of ether oxygens (including phenoxy) is 2. The van der Waals surface area contributed by atoms with Crippen molar-refractivity contribution in [3.05, 3.63) is 41.6 Å². The number of nitrogens with two attached hydrogens (primary N) is 1. The highest BCUT2D eigenvalue weighted by Crippen LogP contribution is 2.18. The van der Waals surface area contributed by atoms with Gasteiger partial charge in [-0.25, -0.2) is 9.48 Å². The minimum Gasteiger partial charge on any atom is -0.465 e. The summed E-state index contributed by atoms with van der Waals surface area (Å²) in [4.78, 5) is 23.4. The van der Waals surface area contributed by atoms with Crippen molar-refractivity contribution in [1.29, 1.82) is 0 Å². The van der Waals surface area contributed by atoms with E-state index in [-0.39, 0.29) is 17.3 Å². The van der Waals surface area contributed by atoms with Crippen LogP contribution < -0.4 is 11.1 Å². The molecule has 0 aliphatic rings. The number of anilines is 1. The maximum Gasteiger partial charge on any atom is 0.343 e. The number of rotatable bonds is 6. The van der Waals surface area contributed by atoms with E-state index in [9.17, 15) is 9.59 Å². The lowest BCUT2D eigenvalue weighted by atomic mass is 10.2. The average Bonchev–Trinajstić information content (AvgIpc) is 2.96. The van der Waals surface area contributed by atoms with Crippen molar-refractivity contribution in [2.24, 2.45) is 0 Å². The largest absolute Gasteiger partial charge is 0.465 e. The Morgan fingerprint density at radius 3 is 2.57 bits per heavy atom. The summed E-state index contributed by atoms with van der Waals surface area (Å²) < 4.78 is 10.9. The first kappa shape index (κ1) is 16.5. The van der Waals surface area contributed by atoms with Gasteiger partial charge in [0.2, 0.25) is 0 Å². The minimum atomic E-state index is -0.553. The lowest BCUT2D eigenvalue weighted by molar-refractivity contribution is 0.0602. The van der Waals surface area contributed by atoms with E-state index in [4.69, 9.17) is 10.5 Å². The van der Waals surface area contributed by atoms with Crippen molar-refractivity contribution in [2.45, 2.75) is 0 Å². The maximum atomic E-state index is 11.9. The van der Waals surface area contributed by atoms with E-state index in [0.29, 0.717) is 24.4 Å². The fourth-order valence-electron chi connectivity index (χ4n) is 1.95. The normalized spacial score (nSPS) is 10.3.